The molecule has 6 heteroatoms. The summed E-state index contributed by atoms with van der Waals surface area (Å²) in [6, 6.07) is 19.3. The average Bonchev–Trinajstić information content (AvgIpc) is 3.23. The summed E-state index contributed by atoms with van der Waals surface area (Å²) in [7, 11) is 1.62. The van der Waals surface area contributed by atoms with Crippen molar-refractivity contribution >= 4 is 5.91 Å². The molecular formula is C22H22N2O4. The monoisotopic (exact) mass is 378 g/mol. The summed E-state index contributed by atoms with van der Waals surface area (Å²) >= 11 is 0. The van der Waals surface area contributed by atoms with Crippen LogP contribution in [-0.4, -0.2) is 42.8 Å². The molecule has 4 rings (SSSR count). The maximum Gasteiger partial charge on any atom is 0.228 e. The number of ether oxygens (including phenoxy) is 2. The van der Waals surface area contributed by atoms with Crippen LogP contribution in [0.25, 0.3) is 11.3 Å². The second kappa shape index (κ2) is 8.27. The predicted octanol–water partition coefficient (Wildman–Crippen LogP) is 3.49. The van der Waals surface area contributed by atoms with E-state index in [0.717, 1.165) is 16.9 Å². The van der Waals surface area contributed by atoms with Crippen LogP contribution in [0.4, 0.5) is 0 Å². The Balaban J connectivity index is 1.42. The zero-order valence-electron chi connectivity index (χ0n) is 15.7. The lowest BCUT2D eigenvalue weighted by atomic mass is 10.1. The summed E-state index contributed by atoms with van der Waals surface area (Å²) < 4.78 is 16.5. The number of aromatic nitrogens is 1. The van der Waals surface area contributed by atoms with Crippen LogP contribution in [0.1, 0.15) is 17.4 Å². The number of benzene rings is 2. The van der Waals surface area contributed by atoms with E-state index in [1.807, 2.05) is 65.6 Å². The summed E-state index contributed by atoms with van der Waals surface area (Å²) in [5.74, 6) is 1.38. The van der Waals surface area contributed by atoms with Crippen LogP contribution in [0.3, 0.4) is 0 Å². The summed E-state index contributed by atoms with van der Waals surface area (Å²) in [4.78, 5) is 14.6. The van der Waals surface area contributed by atoms with Crippen molar-refractivity contribution < 1.29 is 18.8 Å². The fraction of sp³-hybridized carbons (Fsp3) is 0.273. The van der Waals surface area contributed by atoms with Gasteiger partial charge in [-0.05, 0) is 17.7 Å². The molecule has 2 aromatic carbocycles. The van der Waals surface area contributed by atoms with Crippen LogP contribution in [0.2, 0.25) is 0 Å². The van der Waals surface area contributed by atoms with Gasteiger partial charge in [-0.2, -0.15) is 0 Å². The van der Waals surface area contributed by atoms with Gasteiger partial charge in [-0.3, -0.25) is 4.79 Å². The van der Waals surface area contributed by atoms with Crippen molar-refractivity contribution in [1.29, 1.82) is 0 Å². The van der Waals surface area contributed by atoms with E-state index in [9.17, 15) is 4.79 Å². The largest absolute Gasteiger partial charge is 0.497 e. The SMILES string of the molecule is COc1cccc(-c2cc(CC(=O)N3CCOC(c4ccccc4)C3)no2)c1. The summed E-state index contributed by atoms with van der Waals surface area (Å²) in [5, 5.41) is 4.07. The van der Waals surface area contributed by atoms with Gasteiger partial charge in [0.05, 0.1) is 32.4 Å². The first kappa shape index (κ1) is 18.3. The fourth-order valence-electron chi connectivity index (χ4n) is 3.32. The van der Waals surface area contributed by atoms with Gasteiger partial charge in [0.2, 0.25) is 5.91 Å². The highest BCUT2D eigenvalue weighted by molar-refractivity contribution is 5.79. The van der Waals surface area contributed by atoms with Crippen molar-refractivity contribution in [3.05, 3.63) is 71.9 Å². The summed E-state index contributed by atoms with van der Waals surface area (Å²) in [6.45, 7) is 1.66. The van der Waals surface area contributed by atoms with Crippen molar-refractivity contribution in [3.8, 4) is 17.1 Å². The minimum atomic E-state index is -0.0939. The van der Waals surface area contributed by atoms with Gasteiger partial charge < -0.3 is 18.9 Å². The van der Waals surface area contributed by atoms with Crippen molar-refractivity contribution in [2.75, 3.05) is 26.8 Å². The Morgan fingerprint density at radius 1 is 1.18 bits per heavy atom. The van der Waals surface area contributed by atoms with Gasteiger partial charge in [0.1, 0.15) is 11.9 Å². The quantitative estimate of drug-likeness (QED) is 0.680. The molecule has 2 heterocycles. The van der Waals surface area contributed by atoms with E-state index in [4.69, 9.17) is 14.0 Å². The maximum absolute atomic E-state index is 12.8. The number of amides is 1. The molecule has 0 N–H and O–H groups in total. The summed E-state index contributed by atoms with van der Waals surface area (Å²) in [5.41, 5.74) is 2.56. The lowest BCUT2D eigenvalue weighted by molar-refractivity contribution is -0.138. The van der Waals surface area contributed by atoms with Gasteiger partial charge in [-0.15, -0.1) is 0 Å². The number of hydrogen-bond acceptors (Lipinski definition) is 5. The Bertz CT molecular complexity index is 938. The minimum absolute atomic E-state index is 0.0229. The molecule has 6 nitrogen and oxygen atoms in total. The highest BCUT2D eigenvalue weighted by Crippen LogP contribution is 2.25. The molecule has 1 unspecified atom stereocenters. The van der Waals surface area contributed by atoms with E-state index < -0.39 is 0 Å². The standard InChI is InChI=1S/C22H22N2O4/c1-26-19-9-5-8-17(12-19)20-13-18(23-28-20)14-22(25)24-10-11-27-21(15-24)16-6-3-2-4-7-16/h2-9,12-13,21H,10-11,14-15H2,1H3. The summed E-state index contributed by atoms with van der Waals surface area (Å²) in [6.07, 6.45) is 0.109. The smallest absolute Gasteiger partial charge is 0.228 e. The Morgan fingerprint density at radius 2 is 2.04 bits per heavy atom. The van der Waals surface area contributed by atoms with Crippen LogP contribution in [0, 0.1) is 0 Å². The minimum Gasteiger partial charge on any atom is -0.497 e. The maximum atomic E-state index is 12.8. The van der Waals surface area contributed by atoms with E-state index in [-0.39, 0.29) is 18.4 Å². The van der Waals surface area contributed by atoms with E-state index in [1.54, 1.807) is 7.11 Å². The van der Waals surface area contributed by atoms with Crippen LogP contribution in [0.15, 0.2) is 65.2 Å². The average molecular weight is 378 g/mol. The van der Waals surface area contributed by atoms with Crippen LogP contribution >= 0.6 is 0 Å². The Labute approximate surface area is 163 Å². The van der Waals surface area contributed by atoms with Crippen LogP contribution in [0.5, 0.6) is 5.75 Å². The predicted molar refractivity (Wildman–Crippen MR) is 104 cm³/mol. The molecule has 1 aliphatic heterocycles. The zero-order valence-corrected chi connectivity index (χ0v) is 15.7. The van der Waals surface area contributed by atoms with E-state index >= 15 is 0 Å². The third kappa shape index (κ3) is 4.07. The number of morpholine rings is 1. The molecule has 1 aliphatic rings. The first-order valence-electron chi connectivity index (χ1n) is 9.27. The number of hydrogen-bond donors (Lipinski definition) is 0. The normalized spacial score (nSPS) is 16.8. The molecule has 0 aliphatic carbocycles. The van der Waals surface area contributed by atoms with Gasteiger partial charge in [-0.1, -0.05) is 47.6 Å². The molecule has 28 heavy (non-hydrogen) atoms. The van der Waals surface area contributed by atoms with Gasteiger partial charge >= 0.3 is 0 Å². The first-order valence-corrected chi connectivity index (χ1v) is 9.27. The van der Waals surface area contributed by atoms with Crippen molar-refractivity contribution in [3.63, 3.8) is 0 Å². The second-order valence-corrected chi connectivity index (χ2v) is 6.70. The molecule has 0 bridgehead atoms. The molecule has 1 aromatic heterocycles. The third-order valence-corrected chi connectivity index (χ3v) is 4.84. The number of methoxy groups -OCH3 is 1. The molecule has 144 valence electrons. The molecular weight excluding hydrogens is 356 g/mol. The van der Waals surface area contributed by atoms with E-state index in [0.29, 0.717) is 31.2 Å². The van der Waals surface area contributed by atoms with Gasteiger partial charge in [-0.25, -0.2) is 0 Å². The van der Waals surface area contributed by atoms with Crippen LogP contribution < -0.4 is 4.74 Å². The molecule has 1 fully saturated rings. The number of carbonyl (C=O) groups excluding carboxylic acids is 1. The number of nitrogens with zero attached hydrogens (tertiary/aromatic N) is 2. The van der Waals surface area contributed by atoms with E-state index in [1.165, 1.54) is 0 Å². The lowest BCUT2D eigenvalue weighted by Gasteiger charge is -2.33. The van der Waals surface area contributed by atoms with Crippen molar-refractivity contribution in [2.24, 2.45) is 0 Å². The van der Waals surface area contributed by atoms with Crippen LogP contribution in [-0.2, 0) is 16.0 Å². The lowest BCUT2D eigenvalue weighted by Crippen LogP contribution is -2.43. The molecule has 1 amide bonds. The highest BCUT2D eigenvalue weighted by atomic mass is 16.5. The van der Waals surface area contributed by atoms with Gasteiger partial charge in [0, 0.05) is 18.2 Å². The van der Waals surface area contributed by atoms with E-state index in [2.05, 4.69) is 5.16 Å². The Kier molecular flexibility index (Phi) is 5.39. The topological polar surface area (TPSA) is 64.8 Å². The molecule has 0 saturated carbocycles. The number of carbonyl (C=O) groups is 1. The van der Waals surface area contributed by atoms with Gasteiger partial charge in [0.25, 0.3) is 0 Å². The second-order valence-electron chi connectivity index (χ2n) is 6.70. The van der Waals surface area contributed by atoms with Crippen molar-refractivity contribution in [1.82, 2.24) is 10.1 Å². The molecule has 3 aromatic rings. The highest BCUT2D eigenvalue weighted by Gasteiger charge is 2.26. The molecule has 1 saturated heterocycles. The van der Waals surface area contributed by atoms with Crippen molar-refractivity contribution in [2.45, 2.75) is 12.5 Å². The molecule has 0 spiro atoms. The zero-order chi connectivity index (χ0) is 19.3. The van der Waals surface area contributed by atoms with Gasteiger partial charge in [0.15, 0.2) is 5.76 Å². The number of rotatable bonds is 5. The Hall–Kier alpha value is -3.12. The fourth-order valence-corrected chi connectivity index (χ4v) is 3.32. The Morgan fingerprint density at radius 3 is 2.86 bits per heavy atom. The molecule has 0 radical (unpaired) electrons. The third-order valence-electron chi connectivity index (χ3n) is 4.84. The molecule has 1 atom stereocenters. The first-order chi connectivity index (χ1) is 13.7.